The molecule has 3 N–H and O–H groups in total. The fraction of sp³-hybridized carbons (Fsp3) is 0.478. The minimum absolute atomic E-state index is 0.0623. The molecule has 2 heterocycles. The van der Waals surface area contributed by atoms with Crippen LogP contribution in [0.3, 0.4) is 0 Å². The van der Waals surface area contributed by atoms with Gasteiger partial charge in [0.15, 0.2) is 5.37 Å². The summed E-state index contributed by atoms with van der Waals surface area (Å²) in [4.78, 5) is 27.8. The Morgan fingerprint density at radius 3 is 2.48 bits per heavy atom. The third-order valence-corrected chi connectivity index (χ3v) is 7.40. The molecule has 0 bridgehead atoms. The fourth-order valence-corrected chi connectivity index (χ4v) is 5.10. The number of hydrogen-bond donors (Lipinski definition) is 2. The average Bonchev–Trinajstić information content (AvgIpc) is 3.51. The number of ether oxygens (including phenoxy) is 1. The van der Waals surface area contributed by atoms with E-state index in [1.807, 2.05) is 0 Å². The van der Waals surface area contributed by atoms with E-state index in [2.05, 4.69) is 5.32 Å². The highest BCUT2D eigenvalue weighted by atomic mass is 32.2. The van der Waals surface area contributed by atoms with Crippen molar-refractivity contribution in [3.8, 4) is 0 Å². The van der Waals surface area contributed by atoms with Gasteiger partial charge >= 0.3 is 0 Å². The Kier molecular flexibility index (Phi) is 8.28. The summed E-state index contributed by atoms with van der Waals surface area (Å²) in [6.07, 6.45) is 3.16. The SMILES string of the molecule is CC(C)C(C(=O)NCC1CCCO1)N(Cc1ccco1)C(=O)C(N)S(=O)(=O)c1ccccc1. The first-order chi connectivity index (χ1) is 15.7. The van der Waals surface area contributed by atoms with Gasteiger partial charge in [-0.3, -0.25) is 9.59 Å². The molecule has 0 radical (unpaired) electrons. The van der Waals surface area contributed by atoms with Gasteiger partial charge in [-0.15, -0.1) is 0 Å². The number of nitrogens with zero attached hydrogens (tertiary/aromatic N) is 1. The smallest absolute Gasteiger partial charge is 0.256 e. The Balaban J connectivity index is 1.87. The minimum atomic E-state index is -4.17. The average molecular weight is 478 g/mol. The first-order valence-corrected chi connectivity index (χ1v) is 12.5. The lowest BCUT2D eigenvalue weighted by atomic mass is 10.0. The summed E-state index contributed by atoms with van der Waals surface area (Å²) in [6.45, 7) is 4.45. The molecule has 1 aromatic carbocycles. The molecule has 1 aliphatic rings. The predicted octanol–water partition coefficient (Wildman–Crippen LogP) is 1.69. The zero-order chi connectivity index (χ0) is 24.0. The number of benzene rings is 1. The molecular formula is C23H31N3O6S. The van der Waals surface area contributed by atoms with Gasteiger partial charge in [-0.1, -0.05) is 32.0 Å². The maximum absolute atomic E-state index is 13.5. The lowest BCUT2D eigenvalue weighted by molar-refractivity contribution is -0.143. The zero-order valence-electron chi connectivity index (χ0n) is 18.8. The molecule has 1 aromatic heterocycles. The number of furan rings is 1. The zero-order valence-corrected chi connectivity index (χ0v) is 19.7. The van der Waals surface area contributed by atoms with E-state index in [1.54, 1.807) is 44.2 Å². The quantitative estimate of drug-likeness (QED) is 0.532. The summed E-state index contributed by atoms with van der Waals surface area (Å²) in [6, 6.07) is 9.89. The van der Waals surface area contributed by atoms with Crippen molar-refractivity contribution in [2.75, 3.05) is 13.2 Å². The van der Waals surface area contributed by atoms with Crippen LogP contribution in [0.5, 0.6) is 0 Å². The topological polar surface area (TPSA) is 132 Å². The highest BCUT2D eigenvalue weighted by molar-refractivity contribution is 7.92. The molecule has 1 aliphatic heterocycles. The van der Waals surface area contributed by atoms with E-state index in [0.29, 0.717) is 18.9 Å². The molecular weight excluding hydrogens is 446 g/mol. The summed E-state index contributed by atoms with van der Waals surface area (Å²) in [7, 11) is -4.17. The van der Waals surface area contributed by atoms with Crippen LogP contribution in [0, 0.1) is 5.92 Å². The molecule has 9 nitrogen and oxygen atoms in total. The summed E-state index contributed by atoms with van der Waals surface area (Å²) in [5, 5.41) is 0.979. The molecule has 1 saturated heterocycles. The van der Waals surface area contributed by atoms with Crippen molar-refractivity contribution in [1.29, 1.82) is 0 Å². The largest absolute Gasteiger partial charge is 0.467 e. The summed E-state index contributed by atoms with van der Waals surface area (Å²) >= 11 is 0. The van der Waals surface area contributed by atoms with Gasteiger partial charge in [0.1, 0.15) is 11.8 Å². The molecule has 3 rings (SSSR count). The van der Waals surface area contributed by atoms with Gasteiger partial charge in [0, 0.05) is 13.2 Å². The second-order valence-corrected chi connectivity index (χ2v) is 10.5. The van der Waals surface area contributed by atoms with Gasteiger partial charge < -0.3 is 25.1 Å². The van der Waals surface area contributed by atoms with Crippen LogP contribution in [-0.4, -0.2) is 55.8 Å². The summed E-state index contributed by atoms with van der Waals surface area (Å²) < 4.78 is 37.0. The third-order valence-electron chi connectivity index (χ3n) is 5.60. The molecule has 0 saturated carbocycles. The number of sulfone groups is 1. The third kappa shape index (κ3) is 6.01. The van der Waals surface area contributed by atoms with Crippen LogP contribution < -0.4 is 11.1 Å². The highest BCUT2D eigenvalue weighted by Gasteiger charge is 2.40. The fourth-order valence-electron chi connectivity index (χ4n) is 3.87. The Hall–Kier alpha value is -2.69. The first kappa shape index (κ1) is 24.9. The second kappa shape index (κ2) is 11.0. The van der Waals surface area contributed by atoms with E-state index in [0.717, 1.165) is 12.8 Å². The molecule has 1 fully saturated rings. The summed E-state index contributed by atoms with van der Waals surface area (Å²) in [5.74, 6) is -1.18. The number of carbonyl (C=O) groups is 2. The van der Waals surface area contributed by atoms with Crippen molar-refractivity contribution in [3.05, 3.63) is 54.5 Å². The number of rotatable bonds is 10. The maximum Gasteiger partial charge on any atom is 0.256 e. The molecule has 0 aliphatic carbocycles. The molecule has 0 spiro atoms. The molecule has 10 heteroatoms. The van der Waals surface area contributed by atoms with Gasteiger partial charge in [0.2, 0.25) is 15.7 Å². The van der Waals surface area contributed by atoms with Crippen molar-refractivity contribution in [1.82, 2.24) is 10.2 Å². The van der Waals surface area contributed by atoms with Crippen LogP contribution >= 0.6 is 0 Å². The monoisotopic (exact) mass is 477 g/mol. The first-order valence-electron chi connectivity index (χ1n) is 11.0. The Bertz CT molecular complexity index is 1020. The van der Waals surface area contributed by atoms with Gasteiger partial charge in [-0.2, -0.15) is 0 Å². The van der Waals surface area contributed by atoms with E-state index in [9.17, 15) is 18.0 Å². The lowest BCUT2D eigenvalue weighted by Gasteiger charge is -2.34. The Labute approximate surface area is 194 Å². The molecule has 3 atom stereocenters. The molecule has 33 heavy (non-hydrogen) atoms. The van der Waals surface area contributed by atoms with Gasteiger partial charge in [-0.05, 0) is 43.0 Å². The molecule has 3 unspecified atom stereocenters. The van der Waals surface area contributed by atoms with Crippen LogP contribution in [0.25, 0.3) is 0 Å². The van der Waals surface area contributed by atoms with Gasteiger partial charge in [-0.25, -0.2) is 8.42 Å². The Morgan fingerprint density at radius 1 is 1.18 bits per heavy atom. The predicted molar refractivity (Wildman–Crippen MR) is 121 cm³/mol. The van der Waals surface area contributed by atoms with E-state index in [1.165, 1.54) is 23.3 Å². The summed E-state index contributed by atoms with van der Waals surface area (Å²) in [5.41, 5.74) is 6.01. The van der Waals surface area contributed by atoms with Crippen LogP contribution in [0.1, 0.15) is 32.4 Å². The van der Waals surface area contributed by atoms with Crippen molar-refractivity contribution >= 4 is 21.7 Å². The van der Waals surface area contributed by atoms with E-state index >= 15 is 0 Å². The molecule has 2 amide bonds. The van der Waals surface area contributed by atoms with Crippen LogP contribution in [0.2, 0.25) is 0 Å². The van der Waals surface area contributed by atoms with Crippen molar-refractivity contribution < 1.29 is 27.2 Å². The number of carbonyl (C=O) groups excluding carboxylic acids is 2. The van der Waals surface area contributed by atoms with Crippen LogP contribution in [-0.2, 0) is 30.7 Å². The number of amides is 2. The number of hydrogen-bond acceptors (Lipinski definition) is 7. The standard InChI is InChI=1S/C23H31N3O6S/c1-16(2)20(22(27)25-14-17-8-6-12-31-17)26(15-18-9-7-13-32-18)23(28)21(24)33(29,30)19-10-4-3-5-11-19/h3-5,7,9-11,13,16-17,20-21H,6,8,12,14-15,24H2,1-2H3,(H,25,27). The minimum Gasteiger partial charge on any atom is -0.467 e. The molecule has 2 aromatic rings. The van der Waals surface area contributed by atoms with E-state index < -0.39 is 33.1 Å². The van der Waals surface area contributed by atoms with Crippen molar-refractivity contribution in [3.63, 3.8) is 0 Å². The number of nitrogens with one attached hydrogen (secondary N) is 1. The van der Waals surface area contributed by atoms with Gasteiger partial charge in [0.05, 0.1) is 23.8 Å². The van der Waals surface area contributed by atoms with Crippen molar-refractivity contribution in [2.45, 2.75) is 55.6 Å². The second-order valence-electron chi connectivity index (χ2n) is 8.39. The van der Waals surface area contributed by atoms with Crippen molar-refractivity contribution in [2.24, 2.45) is 11.7 Å². The van der Waals surface area contributed by atoms with E-state index in [-0.39, 0.29) is 23.5 Å². The highest BCUT2D eigenvalue weighted by Crippen LogP contribution is 2.21. The van der Waals surface area contributed by atoms with E-state index in [4.69, 9.17) is 14.9 Å². The normalized spacial score (nSPS) is 18.1. The number of nitrogens with two attached hydrogens (primary N) is 1. The van der Waals surface area contributed by atoms with Crippen LogP contribution in [0.4, 0.5) is 0 Å². The Morgan fingerprint density at radius 2 is 1.91 bits per heavy atom. The molecule has 180 valence electrons. The van der Waals surface area contributed by atoms with Gasteiger partial charge in [0.25, 0.3) is 5.91 Å². The lowest BCUT2D eigenvalue weighted by Crippen LogP contribution is -2.57. The van der Waals surface area contributed by atoms with Crippen LogP contribution in [0.15, 0.2) is 58.0 Å². The maximum atomic E-state index is 13.5.